The van der Waals surface area contributed by atoms with Gasteiger partial charge in [-0.3, -0.25) is 9.59 Å². The zero-order valence-corrected chi connectivity index (χ0v) is 18.1. The van der Waals surface area contributed by atoms with Gasteiger partial charge in [0.15, 0.2) is 0 Å². The predicted octanol–water partition coefficient (Wildman–Crippen LogP) is 2.15. The molecular formula is C20H21N5O4S2. The molecular weight excluding hydrogens is 438 g/mol. The van der Waals surface area contributed by atoms with Crippen molar-refractivity contribution < 1.29 is 18.0 Å². The van der Waals surface area contributed by atoms with Crippen molar-refractivity contribution in [2.45, 2.75) is 25.4 Å². The van der Waals surface area contributed by atoms with Gasteiger partial charge in [0.2, 0.25) is 0 Å². The molecule has 0 bridgehead atoms. The average molecular weight is 460 g/mol. The summed E-state index contributed by atoms with van der Waals surface area (Å²) in [5, 5.41) is 10.2. The van der Waals surface area contributed by atoms with Gasteiger partial charge >= 0.3 is 10.2 Å². The Labute approximate surface area is 183 Å². The fourth-order valence-electron chi connectivity index (χ4n) is 3.41. The van der Waals surface area contributed by atoms with Gasteiger partial charge in [0.05, 0.1) is 17.4 Å². The number of aromatic nitrogens is 2. The average Bonchev–Trinajstić information content (AvgIpc) is 3.48. The quantitative estimate of drug-likeness (QED) is 0.586. The Morgan fingerprint density at radius 2 is 1.97 bits per heavy atom. The maximum absolute atomic E-state index is 12.9. The Kier molecular flexibility index (Phi) is 6.16. The van der Waals surface area contributed by atoms with Gasteiger partial charge < -0.3 is 5.32 Å². The van der Waals surface area contributed by atoms with Crippen molar-refractivity contribution in [3.05, 3.63) is 70.7 Å². The smallest absolute Gasteiger partial charge is 0.305 e. The number of rotatable bonds is 6. The SMILES string of the molecule is O=C(NC1CCCCN1S(=O)(=O)NC(=O)c1ccsc1)c1cccc(-n2cccn2)c1. The highest BCUT2D eigenvalue weighted by Crippen LogP contribution is 2.20. The van der Waals surface area contributed by atoms with E-state index in [4.69, 9.17) is 0 Å². The van der Waals surface area contributed by atoms with Crippen molar-refractivity contribution in [1.29, 1.82) is 0 Å². The first kappa shape index (κ1) is 21.2. The van der Waals surface area contributed by atoms with E-state index in [1.807, 2.05) is 6.07 Å². The van der Waals surface area contributed by atoms with E-state index in [-0.39, 0.29) is 12.1 Å². The Morgan fingerprint density at radius 1 is 1.10 bits per heavy atom. The van der Waals surface area contributed by atoms with Crippen molar-refractivity contribution in [3.63, 3.8) is 0 Å². The van der Waals surface area contributed by atoms with Crippen LogP contribution in [0.5, 0.6) is 0 Å². The fourth-order valence-corrected chi connectivity index (χ4v) is 5.38. The normalized spacial score (nSPS) is 17.2. The fraction of sp³-hybridized carbons (Fsp3) is 0.250. The summed E-state index contributed by atoms with van der Waals surface area (Å²) in [4.78, 5) is 25.1. The molecule has 9 nitrogen and oxygen atoms in total. The van der Waals surface area contributed by atoms with Crippen molar-refractivity contribution in [1.82, 2.24) is 24.1 Å². The van der Waals surface area contributed by atoms with Gasteiger partial charge in [-0.25, -0.2) is 9.40 Å². The van der Waals surface area contributed by atoms with Gasteiger partial charge in [-0.2, -0.15) is 29.2 Å². The lowest BCUT2D eigenvalue weighted by Gasteiger charge is -2.34. The standard InChI is InChI=1S/C20H21N5O4S2/c26-19(15-5-3-6-17(13-15)24-10-4-9-21-24)22-18-7-1-2-11-25(18)31(28,29)23-20(27)16-8-12-30-14-16/h3-6,8-10,12-14,18H,1-2,7,11H2,(H,22,26)(H,23,27). The minimum atomic E-state index is -4.12. The molecule has 31 heavy (non-hydrogen) atoms. The third-order valence-corrected chi connectivity index (χ3v) is 7.12. The molecule has 1 saturated heterocycles. The van der Waals surface area contributed by atoms with Crippen molar-refractivity contribution in [2.24, 2.45) is 0 Å². The molecule has 1 aliphatic heterocycles. The molecule has 2 amide bonds. The zero-order valence-electron chi connectivity index (χ0n) is 16.5. The number of benzene rings is 1. The van der Waals surface area contributed by atoms with Crippen molar-refractivity contribution in [2.75, 3.05) is 6.54 Å². The van der Waals surface area contributed by atoms with Crippen molar-refractivity contribution >= 4 is 33.4 Å². The predicted molar refractivity (Wildman–Crippen MR) is 116 cm³/mol. The van der Waals surface area contributed by atoms with E-state index in [0.29, 0.717) is 24.1 Å². The van der Waals surface area contributed by atoms with E-state index in [1.165, 1.54) is 11.3 Å². The first-order chi connectivity index (χ1) is 14.9. The number of thiophene rings is 1. The molecule has 11 heteroatoms. The molecule has 4 rings (SSSR count). The van der Waals surface area contributed by atoms with E-state index in [0.717, 1.165) is 10.7 Å². The molecule has 1 unspecified atom stereocenters. The van der Waals surface area contributed by atoms with Gasteiger partial charge in [-0.1, -0.05) is 6.07 Å². The Bertz CT molecular complexity index is 1160. The molecule has 0 aliphatic carbocycles. The number of amides is 2. The number of piperidine rings is 1. The number of nitrogens with one attached hydrogen (secondary N) is 2. The second kappa shape index (κ2) is 9.00. The lowest BCUT2D eigenvalue weighted by Crippen LogP contribution is -2.56. The summed E-state index contributed by atoms with van der Waals surface area (Å²) in [6, 6.07) is 10.2. The van der Waals surface area contributed by atoms with Crippen LogP contribution in [0.15, 0.2) is 59.6 Å². The van der Waals surface area contributed by atoms with E-state index in [9.17, 15) is 18.0 Å². The molecule has 0 saturated carbocycles. The molecule has 0 spiro atoms. The molecule has 1 atom stereocenters. The summed E-state index contributed by atoms with van der Waals surface area (Å²) in [6.07, 6.45) is 4.53. The molecule has 1 aromatic carbocycles. The van der Waals surface area contributed by atoms with Crippen molar-refractivity contribution in [3.8, 4) is 5.69 Å². The monoisotopic (exact) mass is 459 g/mol. The minimum absolute atomic E-state index is 0.213. The van der Waals surface area contributed by atoms with Crippen LogP contribution in [0, 0.1) is 0 Å². The second-order valence-corrected chi connectivity index (χ2v) is 9.45. The molecule has 0 radical (unpaired) electrons. The van der Waals surface area contributed by atoms with Gasteiger partial charge in [0, 0.05) is 29.9 Å². The lowest BCUT2D eigenvalue weighted by atomic mass is 10.1. The maximum atomic E-state index is 12.9. The highest BCUT2D eigenvalue weighted by Gasteiger charge is 2.34. The number of nitrogens with zero attached hydrogens (tertiary/aromatic N) is 3. The molecule has 1 aliphatic rings. The van der Waals surface area contributed by atoms with Gasteiger partial charge in [-0.05, 0) is 55.0 Å². The largest absolute Gasteiger partial charge is 0.335 e. The molecule has 3 aromatic rings. The summed E-state index contributed by atoms with van der Waals surface area (Å²) in [5.74, 6) is -1.09. The first-order valence-electron chi connectivity index (χ1n) is 9.71. The van der Waals surface area contributed by atoms with Crippen LogP contribution in [-0.2, 0) is 10.2 Å². The molecule has 3 heterocycles. The third kappa shape index (κ3) is 4.84. The Hall–Kier alpha value is -3.02. The Balaban J connectivity index is 1.49. The van der Waals surface area contributed by atoms with Crippen LogP contribution >= 0.6 is 11.3 Å². The van der Waals surface area contributed by atoms with Crippen LogP contribution in [-0.4, -0.2) is 47.0 Å². The third-order valence-electron chi connectivity index (χ3n) is 4.94. The van der Waals surface area contributed by atoms with E-state index >= 15 is 0 Å². The van der Waals surface area contributed by atoms with Crippen LogP contribution in [0.4, 0.5) is 0 Å². The lowest BCUT2D eigenvalue weighted by molar-refractivity contribution is 0.0882. The first-order valence-corrected chi connectivity index (χ1v) is 12.1. The summed E-state index contributed by atoms with van der Waals surface area (Å²) < 4.78 is 30.6. The maximum Gasteiger partial charge on any atom is 0.305 e. The second-order valence-electron chi connectivity index (χ2n) is 7.04. The van der Waals surface area contributed by atoms with E-state index in [2.05, 4.69) is 15.1 Å². The van der Waals surface area contributed by atoms with Crippen LogP contribution in [0.3, 0.4) is 0 Å². The Morgan fingerprint density at radius 3 is 2.71 bits per heavy atom. The summed E-state index contributed by atoms with van der Waals surface area (Å²) in [7, 11) is -4.12. The number of hydrogen-bond donors (Lipinski definition) is 2. The molecule has 2 N–H and O–H groups in total. The molecule has 1 fully saturated rings. The number of hydrogen-bond acceptors (Lipinski definition) is 6. The van der Waals surface area contributed by atoms with Gasteiger partial charge in [0.1, 0.15) is 0 Å². The number of carbonyl (C=O) groups is 2. The van der Waals surface area contributed by atoms with Gasteiger partial charge in [0.25, 0.3) is 11.8 Å². The molecule has 162 valence electrons. The highest BCUT2D eigenvalue weighted by atomic mass is 32.2. The summed E-state index contributed by atoms with van der Waals surface area (Å²) in [5.41, 5.74) is 1.38. The van der Waals surface area contributed by atoms with Gasteiger partial charge in [-0.15, -0.1) is 0 Å². The van der Waals surface area contributed by atoms with E-state index < -0.39 is 28.2 Å². The zero-order chi connectivity index (χ0) is 21.8. The number of carbonyl (C=O) groups excluding carboxylic acids is 2. The highest BCUT2D eigenvalue weighted by molar-refractivity contribution is 7.87. The van der Waals surface area contributed by atoms with Crippen LogP contribution < -0.4 is 10.0 Å². The van der Waals surface area contributed by atoms with Crippen LogP contribution in [0.25, 0.3) is 5.69 Å². The topological polar surface area (TPSA) is 113 Å². The molecule has 2 aromatic heterocycles. The van der Waals surface area contributed by atoms with E-state index in [1.54, 1.807) is 58.2 Å². The summed E-state index contributed by atoms with van der Waals surface area (Å²) in [6.45, 7) is 0.213. The minimum Gasteiger partial charge on any atom is -0.335 e. The van der Waals surface area contributed by atoms with Crippen LogP contribution in [0.1, 0.15) is 40.0 Å². The summed E-state index contributed by atoms with van der Waals surface area (Å²) >= 11 is 1.30. The van der Waals surface area contributed by atoms with Crippen LogP contribution in [0.2, 0.25) is 0 Å².